The van der Waals surface area contributed by atoms with Crippen LogP contribution in [0.5, 0.6) is 11.5 Å². The van der Waals surface area contributed by atoms with Gasteiger partial charge in [-0.1, -0.05) is 18.2 Å². The molecule has 2 aliphatic rings. The second-order valence-electron chi connectivity index (χ2n) is 10.3. The Morgan fingerprint density at radius 3 is 2.83 bits per heavy atom. The predicted molar refractivity (Wildman–Crippen MR) is 151 cm³/mol. The van der Waals surface area contributed by atoms with E-state index < -0.39 is 29.0 Å². The van der Waals surface area contributed by atoms with Crippen LogP contribution in [0.4, 0.5) is 13.2 Å². The summed E-state index contributed by atoms with van der Waals surface area (Å²) in [5, 5.41) is 7.10. The van der Waals surface area contributed by atoms with Crippen LogP contribution >= 0.6 is 11.8 Å². The lowest BCUT2D eigenvalue weighted by Gasteiger charge is -2.38. The number of aryl methyl sites for hydroxylation is 1. The first-order valence-corrected chi connectivity index (χ1v) is 14.4. The minimum Gasteiger partial charge on any atom is -0.453 e. The molecular formula is C31H28F3N3O3S. The van der Waals surface area contributed by atoms with Gasteiger partial charge in [-0.2, -0.15) is 4.39 Å². The Kier molecular flexibility index (Phi) is 7.21. The molecule has 0 bridgehead atoms. The normalized spacial score (nSPS) is 19.8. The molecule has 3 aromatic carbocycles. The zero-order valence-electron chi connectivity index (χ0n) is 22.4. The van der Waals surface area contributed by atoms with E-state index in [9.17, 15) is 9.18 Å². The van der Waals surface area contributed by atoms with Crippen molar-refractivity contribution in [3.8, 4) is 11.5 Å². The van der Waals surface area contributed by atoms with Crippen LogP contribution in [0, 0.1) is 17.5 Å². The third kappa shape index (κ3) is 4.64. The molecule has 10 heteroatoms. The third-order valence-corrected chi connectivity index (χ3v) is 8.65. The van der Waals surface area contributed by atoms with Gasteiger partial charge in [0, 0.05) is 35.5 Å². The number of hydrogen-bond donors (Lipinski definition) is 3. The Morgan fingerprint density at radius 1 is 1.17 bits per heavy atom. The number of aromatic nitrogens is 1. The number of halogens is 3. The fourth-order valence-electron chi connectivity index (χ4n) is 5.71. The van der Waals surface area contributed by atoms with Crippen molar-refractivity contribution in [2.75, 3.05) is 12.9 Å². The maximum absolute atomic E-state index is 15.1. The molecule has 6 nitrogen and oxygen atoms in total. The molecular weight excluding hydrogens is 551 g/mol. The second-order valence-corrected chi connectivity index (χ2v) is 11.1. The van der Waals surface area contributed by atoms with E-state index in [0.717, 1.165) is 28.7 Å². The zero-order chi connectivity index (χ0) is 28.7. The molecule has 1 aromatic heterocycles. The molecule has 2 aliphatic heterocycles. The van der Waals surface area contributed by atoms with Gasteiger partial charge in [0.25, 0.3) is 0 Å². The molecule has 41 heavy (non-hydrogen) atoms. The molecule has 6 rings (SSSR count). The van der Waals surface area contributed by atoms with Crippen LogP contribution in [0.3, 0.4) is 0 Å². The molecule has 0 fully saturated rings. The summed E-state index contributed by atoms with van der Waals surface area (Å²) in [7, 11) is 0. The lowest BCUT2D eigenvalue weighted by atomic mass is 9.75. The van der Waals surface area contributed by atoms with Gasteiger partial charge in [0.05, 0.1) is 29.0 Å². The first kappa shape index (κ1) is 27.3. The number of H-pyrrole nitrogens is 1. The van der Waals surface area contributed by atoms with Crippen molar-refractivity contribution in [1.29, 1.82) is 0 Å². The number of hydrogen-bond acceptors (Lipinski definition) is 6. The van der Waals surface area contributed by atoms with Crippen LogP contribution in [-0.4, -0.2) is 24.1 Å². The molecule has 0 saturated carbocycles. The van der Waals surface area contributed by atoms with Gasteiger partial charge in [0.15, 0.2) is 11.6 Å². The summed E-state index contributed by atoms with van der Waals surface area (Å²) < 4.78 is 56.8. The molecule has 2 atom stereocenters. The average Bonchev–Trinajstić information content (AvgIpc) is 3.67. The Bertz CT molecular complexity index is 1690. The van der Waals surface area contributed by atoms with Crippen molar-refractivity contribution in [3.05, 3.63) is 100 Å². The number of fused-ring (bicyclic) bond motifs is 2. The predicted octanol–water partition coefficient (Wildman–Crippen LogP) is 6.75. The van der Waals surface area contributed by atoms with Gasteiger partial charge in [-0.3, -0.25) is 0 Å². The fourth-order valence-corrected chi connectivity index (χ4v) is 6.42. The maximum atomic E-state index is 15.1. The lowest BCUT2D eigenvalue weighted by Crippen LogP contribution is -2.40. The summed E-state index contributed by atoms with van der Waals surface area (Å²) in [6.45, 7) is 2.94. The molecule has 0 amide bonds. The van der Waals surface area contributed by atoms with Crippen LogP contribution in [0.15, 0.2) is 65.5 Å². The molecule has 1 unspecified atom stereocenters. The monoisotopic (exact) mass is 579 g/mol. The second kappa shape index (κ2) is 10.8. The van der Waals surface area contributed by atoms with E-state index in [2.05, 4.69) is 28.6 Å². The Balaban J connectivity index is 1.28. The highest BCUT2D eigenvalue weighted by Gasteiger charge is 2.40. The van der Waals surface area contributed by atoms with Gasteiger partial charge in [0.2, 0.25) is 5.82 Å². The van der Waals surface area contributed by atoms with E-state index in [-0.39, 0.29) is 22.6 Å². The number of carbonyl (C=O) groups is 1. The van der Waals surface area contributed by atoms with E-state index in [0.29, 0.717) is 36.3 Å². The molecule has 0 radical (unpaired) electrons. The van der Waals surface area contributed by atoms with Gasteiger partial charge < -0.3 is 29.9 Å². The molecule has 212 valence electrons. The van der Waals surface area contributed by atoms with Crippen molar-refractivity contribution in [2.24, 2.45) is 0 Å². The largest absolute Gasteiger partial charge is 0.453 e. The van der Waals surface area contributed by atoms with Crippen LogP contribution in [0.25, 0.3) is 10.9 Å². The maximum Gasteiger partial charge on any atom is 0.204 e. The Labute approximate surface area is 239 Å². The van der Waals surface area contributed by atoms with E-state index in [1.165, 1.54) is 36.2 Å². The minimum atomic E-state index is -1.12. The molecule has 3 heterocycles. The smallest absolute Gasteiger partial charge is 0.204 e. The third-order valence-electron chi connectivity index (χ3n) is 7.84. The zero-order valence-corrected chi connectivity index (χ0v) is 23.3. The van der Waals surface area contributed by atoms with Crippen LogP contribution in [0.2, 0.25) is 0 Å². The van der Waals surface area contributed by atoms with E-state index in [1.807, 2.05) is 18.3 Å². The summed E-state index contributed by atoms with van der Waals surface area (Å²) in [6.07, 6.45) is 6.45. The van der Waals surface area contributed by atoms with E-state index in [4.69, 9.17) is 9.47 Å². The number of benzene rings is 3. The van der Waals surface area contributed by atoms with E-state index in [1.54, 1.807) is 12.3 Å². The number of rotatable bonds is 8. The molecule has 4 aromatic rings. The first-order valence-electron chi connectivity index (χ1n) is 13.2. The van der Waals surface area contributed by atoms with Crippen molar-refractivity contribution >= 4 is 29.0 Å². The van der Waals surface area contributed by atoms with Gasteiger partial charge >= 0.3 is 0 Å². The summed E-state index contributed by atoms with van der Waals surface area (Å²) in [5.74, 6) is -2.73. The number of ether oxygens (including phenoxy) is 2. The van der Waals surface area contributed by atoms with Crippen molar-refractivity contribution in [3.63, 3.8) is 0 Å². The number of thioether (sulfide) groups is 1. The average molecular weight is 580 g/mol. The van der Waals surface area contributed by atoms with Crippen LogP contribution in [0.1, 0.15) is 41.8 Å². The van der Waals surface area contributed by atoms with Crippen LogP contribution in [-0.2, 0) is 28.0 Å². The SMILES string of the molecule is CSc1c(Oc2ccc(F)c(C3NC=C([C@@]4(C)COCc5c(CCC=O)cccc54)N3)c2)c(F)c(F)c2[nH]ccc12. The lowest BCUT2D eigenvalue weighted by molar-refractivity contribution is -0.107. The van der Waals surface area contributed by atoms with Gasteiger partial charge in [-0.05, 0) is 60.6 Å². The van der Waals surface area contributed by atoms with Gasteiger partial charge in [0.1, 0.15) is 24.0 Å². The highest BCUT2D eigenvalue weighted by atomic mass is 32.2. The quantitative estimate of drug-likeness (QED) is 0.158. The van der Waals surface area contributed by atoms with Crippen molar-refractivity contribution < 1.29 is 27.4 Å². The Hall–Kier alpha value is -3.89. The topological polar surface area (TPSA) is 75.4 Å². The summed E-state index contributed by atoms with van der Waals surface area (Å²) in [4.78, 5) is 14.1. The minimum absolute atomic E-state index is 0.0644. The highest BCUT2D eigenvalue weighted by Crippen LogP contribution is 2.43. The van der Waals surface area contributed by atoms with E-state index >= 15 is 8.78 Å². The standard InChI is InChI=1S/C31H28F3N3O3S/c1-31(16-39-15-21-17(6-4-12-38)5-3-7-22(21)31)24-14-36-30(37-24)20-13-18(8-9-23(20)32)40-28-26(34)25(33)27-19(10-11-35-27)29(28)41-2/h3,5,7-14,30,35-37H,4,6,15-16H2,1-2H3/t30?,31-/m0/s1. The highest BCUT2D eigenvalue weighted by molar-refractivity contribution is 7.99. The number of carbonyl (C=O) groups excluding carboxylic acids is 1. The molecule has 3 N–H and O–H groups in total. The molecule has 0 spiro atoms. The van der Waals surface area contributed by atoms with Gasteiger partial charge in [-0.15, -0.1) is 11.8 Å². The first-order chi connectivity index (χ1) is 19.9. The Morgan fingerprint density at radius 2 is 2.02 bits per heavy atom. The fraction of sp³-hybridized carbons (Fsp3) is 0.258. The summed E-state index contributed by atoms with van der Waals surface area (Å²) in [6, 6.07) is 11.8. The van der Waals surface area contributed by atoms with Crippen LogP contribution < -0.4 is 15.4 Å². The van der Waals surface area contributed by atoms with Crippen molar-refractivity contribution in [2.45, 2.75) is 42.8 Å². The van der Waals surface area contributed by atoms with Gasteiger partial charge in [-0.25, -0.2) is 8.78 Å². The summed E-state index contributed by atoms with van der Waals surface area (Å²) in [5.41, 5.74) is 3.82. The number of aldehydes is 1. The number of nitrogens with one attached hydrogen (secondary N) is 3. The number of aromatic amines is 1. The molecule has 0 aliphatic carbocycles. The summed E-state index contributed by atoms with van der Waals surface area (Å²) >= 11 is 1.23. The van der Waals surface area contributed by atoms with Crippen molar-refractivity contribution in [1.82, 2.24) is 15.6 Å². The molecule has 0 saturated heterocycles.